The number of nitrogens with one attached hydrogen (secondary N) is 1. The molecule has 5 nitrogen and oxygen atoms in total. The lowest BCUT2D eigenvalue weighted by molar-refractivity contribution is 0.102. The highest BCUT2D eigenvalue weighted by Crippen LogP contribution is 2.27. The monoisotopic (exact) mass is 395 g/mol. The quantitative estimate of drug-likeness (QED) is 0.714. The summed E-state index contributed by atoms with van der Waals surface area (Å²) in [5.74, 6) is 1.32. The highest BCUT2D eigenvalue weighted by Gasteiger charge is 2.19. The maximum absolute atomic E-state index is 12.8. The summed E-state index contributed by atoms with van der Waals surface area (Å²) >= 11 is 0. The number of para-hydroxylation sites is 2. The van der Waals surface area contributed by atoms with Crippen molar-refractivity contribution in [2.45, 2.75) is 27.2 Å². The molecule has 1 amide bonds. The Morgan fingerprint density at radius 1 is 1.03 bits per heavy atom. The van der Waals surface area contributed by atoms with Crippen LogP contribution in [-0.4, -0.2) is 50.1 Å². The van der Waals surface area contributed by atoms with E-state index in [1.165, 1.54) is 0 Å². The second-order valence-electron chi connectivity index (χ2n) is 7.95. The average molecular weight is 396 g/mol. The highest BCUT2D eigenvalue weighted by molar-refractivity contribution is 6.06. The van der Waals surface area contributed by atoms with Crippen LogP contribution in [0.15, 0.2) is 48.5 Å². The van der Waals surface area contributed by atoms with Crippen LogP contribution in [0.4, 0.5) is 11.4 Å². The molecule has 1 saturated heterocycles. The van der Waals surface area contributed by atoms with Gasteiger partial charge in [0.05, 0.1) is 18.0 Å². The van der Waals surface area contributed by atoms with E-state index in [2.05, 4.69) is 42.0 Å². The Bertz CT molecular complexity index is 781. The van der Waals surface area contributed by atoms with Gasteiger partial charge >= 0.3 is 0 Å². The summed E-state index contributed by atoms with van der Waals surface area (Å²) in [7, 11) is 0. The van der Waals surface area contributed by atoms with Gasteiger partial charge in [0.25, 0.3) is 5.91 Å². The Balaban J connectivity index is 1.62. The van der Waals surface area contributed by atoms with Crippen molar-refractivity contribution in [1.82, 2.24) is 4.90 Å². The molecule has 3 rings (SSSR count). The van der Waals surface area contributed by atoms with Crippen molar-refractivity contribution in [3.05, 3.63) is 54.1 Å². The van der Waals surface area contributed by atoms with Crippen molar-refractivity contribution >= 4 is 17.3 Å². The van der Waals surface area contributed by atoms with Gasteiger partial charge in [-0.1, -0.05) is 32.9 Å². The Kier molecular flexibility index (Phi) is 7.53. The molecule has 2 aromatic carbocycles. The molecule has 5 heteroatoms. The first-order valence-electron chi connectivity index (χ1n) is 10.7. The number of piperazine rings is 1. The SMILES string of the molecule is CCN1CCN(c2ccccc2NC(=O)c2ccc(OCCC(C)C)cc2)CC1. The minimum Gasteiger partial charge on any atom is -0.494 e. The summed E-state index contributed by atoms with van der Waals surface area (Å²) < 4.78 is 5.74. The van der Waals surface area contributed by atoms with Gasteiger partial charge < -0.3 is 19.9 Å². The molecule has 1 fully saturated rings. The van der Waals surface area contributed by atoms with Gasteiger partial charge in [-0.2, -0.15) is 0 Å². The van der Waals surface area contributed by atoms with Gasteiger partial charge in [-0.15, -0.1) is 0 Å². The van der Waals surface area contributed by atoms with Crippen molar-refractivity contribution in [3.8, 4) is 5.75 Å². The summed E-state index contributed by atoms with van der Waals surface area (Å²) in [5, 5.41) is 3.09. The van der Waals surface area contributed by atoms with Crippen LogP contribution in [-0.2, 0) is 0 Å². The van der Waals surface area contributed by atoms with E-state index in [4.69, 9.17) is 4.74 Å². The Morgan fingerprint density at radius 2 is 1.72 bits per heavy atom. The zero-order valence-electron chi connectivity index (χ0n) is 17.9. The van der Waals surface area contributed by atoms with Crippen LogP contribution >= 0.6 is 0 Å². The van der Waals surface area contributed by atoms with Crippen molar-refractivity contribution in [1.29, 1.82) is 0 Å². The van der Waals surface area contributed by atoms with Gasteiger partial charge in [0.1, 0.15) is 5.75 Å². The molecule has 1 N–H and O–H groups in total. The van der Waals surface area contributed by atoms with Gasteiger partial charge in [-0.3, -0.25) is 4.79 Å². The van der Waals surface area contributed by atoms with E-state index < -0.39 is 0 Å². The molecule has 0 aliphatic carbocycles. The van der Waals surface area contributed by atoms with Gasteiger partial charge in [-0.25, -0.2) is 0 Å². The largest absolute Gasteiger partial charge is 0.494 e. The topological polar surface area (TPSA) is 44.8 Å². The smallest absolute Gasteiger partial charge is 0.255 e. The third-order valence-corrected chi connectivity index (χ3v) is 5.39. The van der Waals surface area contributed by atoms with Crippen LogP contribution in [0.25, 0.3) is 0 Å². The molecule has 0 radical (unpaired) electrons. The Labute approximate surface area is 174 Å². The van der Waals surface area contributed by atoms with E-state index in [0.29, 0.717) is 18.1 Å². The number of carbonyl (C=O) groups is 1. The minimum absolute atomic E-state index is 0.0987. The summed E-state index contributed by atoms with van der Waals surface area (Å²) in [6, 6.07) is 15.4. The van der Waals surface area contributed by atoms with Crippen molar-refractivity contribution < 1.29 is 9.53 Å². The second kappa shape index (κ2) is 10.3. The molecule has 0 atom stereocenters. The average Bonchev–Trinajstić information content (AvgIpc) is 2.74. The number of likely N-dealkylation sites (N-methyl/N-ethyl adjacent to an activating group) is 1. The molecule has 156 valence electrons. The first-order chi connectivity index (χ1) is 14.1. The second-order valence-corrected chi connectivity index (χ2v) is 7.95. The van der Waals surface area contributed by atoms with Crippen molar-refractivity contribution in [2.24, 2.45) is 5.92 Å². The number of ether oxygens (including phenoxy) is 1. The third-order valence-electron chi connectivity index (χ3n) is 5.39. The summed E-state index contributed by atoms with van der Waals surface area (Å²) in [6.07, 6.45) is 1.02. The van der Waals surface area contributed by atoms with Gasteiger partial charge in [-0.05, 0) is 55.3 Å². The molecule has 0 bridgehead atoms. The summed E-state index contributed by atoms with van der Waals surface area (Å²) in [4.78, 5) is 17.6. The van der Waals surface area contributed by atoms with Crippen molar-refractivity contribution in [3.63, 3.8) is 0 Å². The minimum atomic E-state index is -0.0987. The standard InChI is InChI=1S/C24H33N3O2/c1-4-26-14-16-27(17-15-26)23-8-6-5-7-22(23)25-24(28)20-9-11-21(12-10-20)29-18-13-19(2)3/h5-12,19H,4,13-18H2,1-3H3,(H,25,28). The molecule has 2 aromatic rings. The number of amides is 1. The lowest BCUT2D eigenvalue weighted by Crippen LogP contribution is -2.46. The van der Waals surface area contributed by atoms with E-state index in [1.807, 2.05) is 42.5 Å². The molecule has 29 heavy (non-hydrogen) atoms. The van der Waals surface area contributed by atoms with Crippen LogP contribution in [0, 0.1) is 5.92 Å². The fraction of sp³-hybridized carbons (Fsp3) is 0.458. The zero-order valence-corrected chi connectivity index (χ0v) is 17.9. The summed E-state index contributed by atoms with van der Waals surface area (Å²) in [5.41, 5.74) is 2.58. The van der Waals surface area contributed by atoms with E-state index in [-0.39, 0.29) is 5.91 Å². The highest BCUT2D eigenvalue weighted by atomic mass is 16.5. The van der Waals surface area contributed by atoms with Crippen molar-refractivity contribution in [2.75, 3.05) is 49.5 Å². The first-order valence-corrected chi connectivity index (χ1v) is 10.7. The van der Waals surface area contributed by atoms with Crippen LogP contribution in [0.5, 0.6) is 5.75 Å². The third kappa shape index (κ3) is 5.97. The molecule has 0 saturated carbocycles. The number of nitrogens with zero attached hydrogens (tertiary/aromatic N) is 2. The number of carbonyl (C=O) groups excluding carboxylic acids is 1. The first kappa shape index (κ1) is 21.2. The normalized spacial score (nSPS) is 14.8. The molecule has 0 unspecified atom stereocenters. The fourth-order valence-corrected chi connectivity index (χ4v) is 3.47. The van der Waals surface area contributed by atoms with E-state index in [9.17, 15) is 4.79 Å². The number of anilines is 2. The number of hydrogen-bond donors (Lipinski definition) is 1. The maximum Gasteiger partial charge on any atom is 0.255 e. The zero-order chi connectivity index (χ0) is 20.6. The summed E-state index contributed by atoms with van der Waals surface area (Å²) in [6.45, 7) is 12.4. The maximum atomic E-state index is 12.8. The molecule has 0 aromatic heterocycles. The Morgan fingerprint density at radius 3 is 2.38 bits per heavy atom. The number of rotatable bonds is 8. The van der Waals surface area contributed by atoms with Crippen LogP contribution in [0.3, 0.4) is 0 Å². The molecule has 1 heterocycles. The van der Waals surface area contributed by atoms with Crippen LogP contribution in [0.1, 0.15) is 37.6 Å². The molecule has 0 spiro atoms. The lowest BCUT2D eigenvalue weighted by Gasteiger charge is -2.36. The van der Waals surface area contributed by atoms with Gasteiger partial charge in [0.2, 0.25) is 0 Å². The molecule has 1 aliphatic heterocycles. The van der Waals surface area contributed by atoms with E-state index >= 15 is 0 Å². The lowest BCUT2D eigenvalue weighted by atomic mass is 10.1. The fourth-order valence-electron chi connectivity index (χ4n) is 3.47. The molecule has 1 aliphatic rings. The Hall–Kier alpha value is -2.53. The number of benzene rings is 2. The van der Waals surface area contributed by atoms with Crippen LogP contribution in [0.2, 0.25) is 0 Å². The molecular formula is C24H33N3O2. The van der Waals surface area contributed by atoms with Gasteiger partial charge in [0, 0.05) is 31.7 Å². The van der Waals surface area contributed by atoms with Gasteiger partial charge in [0.15, 0.2) is 0 Å². The van der Waals surface area contributed by atoms with Crippen LogP contribution < -0.4 is 15.0 Å². The predicted octanol–water partition coefficient (Wildman–Crippen LogP) is 4.51. The molecular weight excluding hydrogens is 362 g/mol. The predicted molar refractivity (Wildman–Crippen MR) is 120 cm³/mol. The van der Waals surface area contributed by atoms with E-state index in [1.54, 1.807) is 0 Å². The number of hydrogen-bond acceptors (Lipinski definition) is 4. The van der Waals surface area contributed by atoms with E-state index in [0.717, 1.165) is 56.3 Å².